The van der Waals surface area contributed by atoms with Gasteiger partial charge in [0.25, 0.3) is 0 Å². The molecule has 1 fully saturated rings. The van der Waals surface area contributed by atoms with E-state index in [1.165, 1.54) is 17.7 Å². The third-order valence-corrected chi connectivity index (χ3v) is 5.17. The minimum absolute atomic E-state index is 0. The Hall–Kier alpha value is -0.300. The van der Waals surface area contributed by atoms with Gasteiger partial charge in [0.15, 0.2) is 5.96 Å². The molecular weight excluding hydrogens is 381 g/mol. The van der Waals surface area contributed by atoms with Crippen molar-refractivity contribution in [1.82, 2.24) is 4.90 Å². The Balaban J connectivity index is 0.00000200. The molecule has 0 atom stereocenters. The molecule has 1 saturated heterocycles. The first kappa shape index (κ1) is 17.8. The lowest BCUT2D eigenvalue weighted by molar-refractivity contribution is 0.277. The molecule has 0 radical (unpaired) electrons. The van der Waals surface area contributed by atoms with E-state index in [1.807, 2.05) is 0 Å². The van der Waals surface area contributed by atoms with Crippen LogP contribution in [0.5, 0.6) is 0 Å². The monoisotopic (exact) mass is 407 g/mol. The first-order valence-electron chi connectivity index (χ1n) is 7.08. The number of hydrogen-bond acceptors (Lipinski definition) is 2. The first-order chi connectivity index (χ1) is 8.99. The number of hydrogen-bond donors (Lipinski definition) is 1. The van der Waals surface area contributed by atoms with Crippen molar-refractivity contribution in [3.8, 4) is 0 Å². The Labute approximate surface area is 143 Å². The zero-order chi connectivity index (χ0) is 13.9. The number of aliphatic imine (C=N–C) groups is 1. The van der Waals surface area contributed by atoms with Crippen LogP contribution in [0, 0.1) is 5.92 Å². The Kier molecular flexibility index (Phi) is 6.78. The van der Waals surface area contributed by atoms with Crippen molar-refractivity contribution >= 4 is 41.3 Å². The number of rotatable bonds is 3. The van der Waals surface area contributed by atoms with Gasteiger partial charge in [0.05, 0.1) is 6.54 Å². The van der Waals surface area contributed by atoms with Crippen molar-refractivity contribution in [2.24, 2.45) is 16.6 Å². The molecule has 0 aliphatic carbocycles. The highest BCUT2D eigenvalue weighted by molar-refractivity contribution is 14.0. The summed E-state index contributed by atoms with van der Waals surface area (Å²) in [4.78, 5) is 8.23. The van der Waals surface area contributed by atoms with E-state index in [1.54, 1.807) is 11.3 Å². The summed E-state index contributed by atoms with van der Waals surface area (Å²) in [6.45, 7) is 9.63. The molecule has 0 spiro atoms. The van der Waals surface area contributed by atoms with Crippen LogP contribution >= 0.6 is 35.3 Å². The summed E-state index contributed by atoms with van der Waals surface area (Å²) in [5, 5.41) is 2.12. The third-order valence-electron chi connectivity index (χ3n) is 3.93. The minimum Gasteiger partial charge on any atom is -0.370 e. The quantitative estimate of drug-likeness (QED) is 0.472. The maximum atomic E-state index is 6.13. The summed E-state index contributed by atoms with van der Waals surface area (Å²) in [5.41, 5.74) is 6.21. The van der Waals surface area contributed by atoms with Crippen molar-refractivity contribution in [2.75, 3.05) is 19.6 Å². The highest BCUT2D eigenvalue weighted by Crippen LogP contribution is 2.27. The van der Waals surface area contributed by atoms with Gasteiger partial charge >= 0.3 is 0 Å². The topological polar surface area (TPSA) is 41.6 Å². The molecule has 1 aromatic heterocycles. The summed E-state index contributed by atoms with van der Waals surface area (Å²) in [6, 6.07) is 4.28. The van der Waals surface area contributed by atoms with Crippen LogP contribution in [-0.4, -0.2) is 30.5 Å². The van der Waals surface area contributed by atoms with Gasteiger partial charge in [-0.3, -0.25) is 4.99 Å². The van der Waals surface area contributed by atoms with Gasteiger partial charge in [0, 0.05) is 23.4 Å². The fourth-order valence-corrected chi connectivity index (χ4v) is 3.20. The van der Waals surface area contributed by atoms with Crippen LogP contribution < -0.4 is 5.73 Å². The Morgan fingerprint density at radius 1 is 1.45 bits per heavy atom. The molecule has 2 heterocycles. The van der Waals surface area contributed by atoms with Crippen molar-refractivity contribution in [3.63, 3.8) is 0 Å². The molecule has 2 N–H and O–H groups in total. The van der Waals surface area contributed by atoms with E-state index in [9.17, 15) is 0 Å². The summed E-state index contributed by atoms with van der Waals surface area (Å²) in [7, 11) is 0. The number of thiophene rings is 1. The van der Waals surface area contributed by atoms with Gasteiger partial charge < -0.3 is 10.6 Å². The van der Waals surface area contributed by atoms with Gasteiger partial charge in [-0.15, -0.1) is 35.3 Å². The van der Waals surface area contributed by atoms with Gasteiger partial charge in [0.1, 0.15) is 0 Å². The average molecular weight is 407 g/mol. The summed E-state index contributed by atoms with van der Waals surface area (Å²) in [6.07, 6.45) is 2.45. The highest BCUT2D eigenvalue weighted by atomic mass is 127. The summed E-state index contributed by atoms with van der Waals surface area (Å²) >= 11 is 1.79. The highest BCUT2D eigenvalue weighted by Gasteiger charge is 2.22. The van der Waals surface area contributed by atoms with E-state index in [0.29, 0.717) is 0 Å². The van der Waals surface area contributed by atoms with Crippen molar-refractivity contribution in [3.05, 3.63) is 22.4 Å². The van der Waals surface area contributed by atoms with Gasteiger partial charge in [-0.05, 0) is 30.2 Å². The van der Waals surface area contributed by atoms with Crippen molar-refractivity contribution in [2.45, 2.75) is 39.0 Å². The Morgan fingerprint density at radius 2 is 2.10 bits per heavy atom. The summed E-state index contributed by atoms with van der Waals surface area (Å²) < 4.78 is 0. The largest absolute Gasteiger partial charge is 0.370 e. The van der Waals surface area contributed by atoms with Crippen LogP contribution in [0.25, 0.3) is 0 Å². The van der Waals surface area contributed by atoms with Crippen LogP contribution in [0.4, 0.5) is 0 Å². The number of halogens is 1. The van der Waals surface area contributed by atoms with Gasteiger partial charge in [0.2, 0.25) is 0 Å². The molecule has 0 aromatic carbocycles. The predicted molar refractivity (Wildman–Crippen MR) is 99.2 cm³/mol. The van der Waals surface area contributed by atoms with E-state index in [4.69, 9.17) is 5.73 Å². The van der Waals surface area contributed by atoms with Gasteiger partial charge in [-0.25, -0.2) is 0 Å². The fourth-order valence-electron chi connectivity index (χ4n) is 2.36. The summed E-state index contributed by atoms with van der Waals surface area (Å²) in [5.74, 6) is 1.54. The van der Waals surface area contributed by atoms with E-state index in [-0.39, 0.29) is 29.4 Å². The Bertz CT molecular complexity index is 420. The van der Waals surface area contributed by atoms with E-state index in [2.05, 4.69) is 48.2 Å². The van der Waals surface area contributed by atoms with Crippen molar-refractivity contribution < 1.29 is 0 Å². The normalized spacial score (nSPS) is 17.9. The molecule has 0 unspecified atom stereocenters. The second-order valence-electron chi connectivity index (χ2n) is 6.21. The van der Waals surface area contributed by atoms with Crippen LogP contribution in [0.15, 0.2) is 22.5 Å². The minimum atomic E-state index is 0. The van der Waals surface area contributed by atoms with E-state index < -0.39 is 0 Å². The van der Waals surface area contributed by atoms with Crippen LogP contribution in [-0.2, 0) is 5.41 Å². The maximum absolute atomic E-state index is 6.13. The zero-order valence-electron chi connectivity index (χ0n) is 12.6. The van der Waals surface area contributed by atoms with Crippen LogP contribution in [0.1, 0.15) is 38.5 Å². The third kappa shape index (κ3) is 4.62. The molecule has 20 heavy (non-hydrogen) atoms. The molecule has 0 saturated carbocycles. The smallest absolute Gasteiger partial charge is 0.191 e. The van der Waals surface area contributed by atoms with Crippen molar-refractivity contribution in [1.29, 1.82) is 0 Å². The molecule has 5 heteroatoms. The number of piperidine rings is 1. The van der Waals surface area contributed by atoms with E-state index >= 15 is 0 Å². The molecule has 3 nitrogen and oxygen atoms in total. The molecule has 114 valence electrons. The molecule has 1 aliphatic heterocycles. The molecule has 1 aliphatic rings. The predicted octanol–water partition coefficient (Wildman–Crippen LogP) is 3.69. The second kappa shape index (κ2) is 7.64. The molecule has 0 amide bonds. The fraction of sp³-hybridized carbons (Fsp3) is 0.667. The van der Waals surface area contributed by atoms with Crippen LogP contribution in [0.3, 0.4) is 0 Å². The van der Waals surface area contributed by atoms with Gasteiger partial charge in [-0.1, -0.05) is 26.8 Å². The first-order valence-corrected chi connectivity index (χ1v) is 7.96. The molecule has 1 aromatic rings. The number of likely N-dealkylation sites (tertiary alicyclic amines) is 1. The Morgan fingerprint density at radius 3 is 2.65 bits per heavy atom. The van der Waals surface area contributed by atoms with Crippen LogP contribution in [0.2, 0.25) is 0 Å². The lowest BCUT2D eigenvalue weighted by atomic mass is 9.92. The van der Waals surface area contributed by atoms with Gasteiger partial charge in [-0.2, -0.15) is 0 Å². The lowest BCUT2D eigenvalue weighted by Gasteiger charge is -2.31. The molecule has 0 bridgehead atoms. The molecular formula is C15H26IN3S. The van der Waals surface area contributed by atoms with E-state index in [0.717, 1.165) is 31.5 Å². The SMILES string of the molecule is CC1CCN(C(N)=NCC(C)(C)c2cccs2)CC1.I. The standard InChI is InChI=1S/C15H25N3S.HI/c1-12-6-8-18(9-7-12)14(16)17-11-15(2,3)13-5-4-10-19-13;/h4-5,10,12H,6-9,11H2,1-3H3,(H2,16,17);1H. The second-order valence-corrected chi connectivity index (χ2v) is 7.15. The maximum Gasteiger partial charge on any atom is 0.191 e. The number of guanidine groups is 1. The molecule has 2 rings (SSSR count). The number of nitrogens with zero attached hydrogens (tertiary/aromatic N) is 2. The lowest BCUT2D eigenvalue weighted by Crippen LogP contribution is -2.43. The average Bonchev–Trinajstić information content (AvgIpc) is 2.91. The zero-order valence-corrected chi connectivity index (χ0v) is 15.8. The number of nitrogens with two attached hydrogens (primary N) is 1.